The normalized spacial score (nSPS) is 20.2. The van der Waals surface area contributed by atoms with Crippen LogP contribution in [0.3, 0.4) is 0 Å². The topological polar surface area (TPSA) is 41.9 Å². The molecule has 2 unspecified atom stereocenters. The molecule has 4 nitrogen and oxygen atoms in total. The van der Waals surface area contributed by atoms with E-state index in [9.17, 15) is 9.18 Å². The molecule has 140 valence electrons. The van der Waals surface area contributed by atoms with Gasteiger partial charge in [0.1, 0.15) is 11.6 Å². The van der Waals surface area contributed by atoms with Crippen molar-refractivity contribution in [1.29, 1.82) is 0 Å². The Labute approximate surface area is 169 Å². The first kappa shape index (κ1) is 17.4. The van der Waals surface area contributed by atoms with Gasteiger partial charge in [0.15, 0.2) is 0 Å². The third kappa shape index (κ3) is 2.89. The van der Waals surface area contributed by atoms with Crippen LogP contribution in [0.2, 0.25) is 5.02 Å². The largest absolute Gasteiger partial charge is 0.461 e. The van der Waals surface area contributed by atoms with Crippen molar-refractivity contribution in [3.05, 3.63) is 86.8 Å². The van der Waals surface area contributed by atoms with E-state index in [2.05, 4.69) is 0 Å². The van der Waals surface area contributed by atoms with E-state index in [1.54, 1.807) is 28.5 Å². The first-order valence-electron chi connectivity index (χ1n) is 8.76. The van der Waals surface area contributed by atoms with Gasteiger partial charge < -0.3 is 4.74 Å². The summed E-state index contributed by atoms with van der Waals surface area (Å²) in [5.74, 6) is -0.0336. The molecule has 28 heavy (non-hydrogen) atoms. The van der Waals surface area contributed by atoms with Gasteiger partial charge in [-0.1, -0.05) is 17.7 Å². The van der Waals surface area contributed by atoms with Crippen LogP contribution < -0.4 is 4.74 Å². The Morgan fingerprint density at radius 2 is 2.04 bits per heavy atom. The summed E-state index contributed by atoms with van der Waals surface area (Å²) in [6.45, 7) is 0. The second kappa shape index (κ2) is 6.72. The van der Waals surface area contributed by atoms with Crippen LogP contribution in [-0.2, 0) is 0 Å². The number of hydrazone groups is 1. The zero-order chi connectivity index (χ0) is 19.3. The molecule has 0 fully saturated rings. The first-order chi connectivity index (χ1) is 13.6. The quantitative estimate of drug-likeness (QED) is 0.548. The number of halogens is 2. The Balaban J connectivity index is 1.57. The molecule has 3 heterocycles. The number of hydrogen-bond donors (Lipinski definition) is 0. The number of rotatable bonds is 3. The van der Waals surface area contributed by atoms with Crippen molar-refractivity contribution >= 4 is 34.4 Å². The lowest BCUT2D eigenvalue weighted by molar-refractivity contribution is -0.00455. The van der Waals surface area contributed by atoms with E-state index >= 15 is 0 Å². The molecule has 0 saturated heterocycles. The van der Waals surface area contributed by atoms with Gasteiger partial charge in [-0.3, -0.25) is 4.79 Å². The van der Waals surface area contributed by atoms with Crippen LogP contribution >= 0.6 is 22.9 Å². The number of benzene rings is 2. The molecular formula is C21H14ClFN2O2S. The molecule has 2 aromatic carbocycles. The van der Waals surface area contributed by atoms with Crippen molar-refractivity contribution in [2.45, 2.75) is 18.7 Å². The molecule has 0 aliphatic carbocycles. The summed E-state index contributed by atoms with van der Waals surface area (Å²) < 4.78 is 19.3. The Kier molecular flexibility index (Phi) is 4.18. The average Bonchev–Trinajstić information content (AvgIpc) is 3.37. The lowest BCUT2D eigenvalue weighted by atomic mass is 9.97. The van der Waals surface area contributed by atoms with Crippen molar-refractivity contribution in [2.24, 2.45) is 5.10 Å². The highest BCUT2D eigenvalue weighted by Crippen LogP contribution is 2.44. The Hall–Kier alpha value is -2.70. The van der Waals surface area contributed by atoms with E-state index in [0.717, 1.165) is 16.2 Å². The molecule has 0 spiro atoms. The number of fused-ring (bicyclic) bond motifs is 3. The fourth-order valence-corrected chi connectivity index (χ4v) is 4.48. The number of hydrogen-bond acceptors (Lipinski definition) is 5. The number of thiophene rings is 1. The molecule has 2 atom stereocenters. The van der Waals surface area contributed by atoms with Gasteiger partial charge in [-0.15, -0.1) is 11.3 Å². The van der Waals surface area contributed by atoms with Crippen LogP contribution in [0.15, 0.2) is 65.1 Å². The summed E-state index contributed by atoms with van der Waals surface area (Å²) in [4.78, 5) is 14.2. The van der Waals surface area contributed by atoms with Gasteiger partial charge in [0.05, 0.1) is 16.6 Å². The molecule has 0 radical (unpaired) electrons. The minimum Gasteiger partial charge on any atom is -0.461 e. The second-order valence-electron chi connectivity index (χ2n) is 6.65. The maximum absolute atomic E-state index is 13.3. The first-order valence-corrected chi connectivity index (χ1v) is 10.0. The standard InChI is InChI=1S/C21H14ClFN2O2S/c22-13-5-8-18-15(10-13)17-11-16(19-2-1-9-28-19)24-25(17)21(27-18)20(26)12-3-6-14(23)7-4-12/h1-10,17,21H,11H2. The fraction of sp³-hybridized carbons (Fsp3) is 0.143. The molecule has 0 bridgehead atoms. The number of Topliss-reactive ketones (excluding diaryl/α,β-unsaturated/α-hetero) is 1. The van der Waals surface area contributed by atoms with E-state index in [-0.39, 0.29) is 11.8 Å². The fourth-order valence-electron chi connectivity index (χ4n) is 3.58. The van der Waals surface area contributed by atoms with Crippen LogP contribution in [0.25, 0.3) is 0 Å². The molecule has 1 aromatic heterocycles. The molecular weight excluding hydrogens is 399 g/mol. The summed E-state index contributed by atoms with van der Waals surface area (Å²) in [7, 11) is 0. The van der Waals surface area contributed by atoms with Gasteiger partial charge in [0, 0.05) is 22.6 Å². The number of carbonyl (C=O) groups is 1. The van der Waals surface area contributed by atoms with Gasteiger partial charge in [0.25, 0.3) is 6.23 Å². The molecule has 2 aliphatic rings. The smallest absolute Gasteiger partial charge is 0.251 e. The lowest BCUT2D eigenvalue weighted by Crippen LogP contribution is -2.45. The van der Waals surface area contributed by atoms with E-state index in [4.69, 9.17) is 21.4 Å². The van der Waals surface area contributed by atoms with Crippen molar-refractivity contribution in [2.75, 3.05) is 0 Å². The minimum absolute atomic E-state index is 0.144. The molecule has 0 N–H and O–H groups in total. The van der Waals surface area contributed by atoms with Crippen LogP contribution in [0.4, 0.5) is 4.39 Å². The van der Waals surface area contributed by atoms with Gasteiger partial charge in [-0.05, 0) is 53.9 Å². The van der Waals surface area contributed by atoms with Crippen molar-refractivity contribution in [3.8, 4) is 5.75 Å². The van der Waals surface area contributed by atoms with Gasteiger partial charge in [-0.2, -0.15) is 5.10 Å². The summed E-state index contributed by atoms with van der Waals surface area (Å²) in [6, 6.07) is 14.7. The zero-order valence-electron chi connectivity index (χ0n) is 14.5. The third-order valence-corrected chi connectivity index (χ3v) is 6.06. The van der Waals surface area contributed by atoms with Crippen LogP contribution in [0, 0.1) is 5.82 Å². The summed E-state index contributed by atoms with van der Waals surface area (Å²) in [5, 5.41) is 9.04. The van der Waals surface area contributed by atoms with Crippen LogP contribution in [0.5, 0.6) is 5.75 Å². The van der Waals surface area contributed by atoms with Gasteiger partial charge >= 0.3 is 0 Å². The molecule has 5 rings (SSSR count). The number of ketones is 1. The Morgan fingerprint density at radius 1 is 1.21 bits per heavy atom. The summed E-state index contributed by atoms with van der Waals surface area (Å²) in [5.41, 5.74) is 2.20. The van der Waals surface area contributed by atoms with Gasteiger partial charge in [-0.25, -0.2) is 9.40 Å². The monoisotopic (exact) mass is 412 g/mol. The number of nitrogens with zero attached hydrogens (tertiary/aromatic N) is 2. The second-order valence-corrected chi connectivity index (χ2v) is 8.03. The SMILES string of the molecule is O=C(c1ccc(F)cc1)C1Oc2ccc(Cl)cc2C2CC(c3cccs3)=NN12. The third-order valence-electron chi connectivity index (χ3n) is 4.91. The number of ether oxygens (including phenoxy) is 1. The van der Waals surface area contributed by atoms with E-state index in [1.165, 1.54) is 24.3 Å². The average molecular weight is 413 g/mol. The zero-order valence-corrected chi connectivity index (χ0v) is 16.1. The Morgan fingerprint density at radius 3 is 2.79 bits per heavy atom. The van der Waals surface area contributed by atoms with Crippen molar-refractivity contribution in [3.63, 3.8) is 0 Å². The lowest BCUT2D eigenvalue weighted by Gasteiger charge is -2.37. The Bertz CT molecular complexity index is 1080. The van der Waals surface area contributed by atoms with Gasteiger partial charge in [0.2, 0.25) is 5.78 Å². The summed E-state index contributed by atoms with van der Waals surface area (Å²) >= 11 is 7.81. The van der Waals surface area contributed by atoms with E-state index in [0.29, 0.717) is 22.8 Å². The van der Waals surface area contributed by atoms with Crippen LogP contribution in [0.1, 0.15) is 33.3 Å². The number of carbonyl (C=O) groups excluding carboxylic acids is 1. The molecule has 2 aliphatic heterocycles. The maximum atomic E-state index is 13.3. The van der Waals surface area contributed by atoms with Crippen molar-refractivity contribution in [1.82, 2.24) is 5.01 Å². The molecule has 0 amide bonds. The summed E-state index contributed by atoms with van der Waals surface area (Å²) in [6.07, 6.45) is -0.258. The highest BCUT2D eigenvalue weighted by Gasteiger charge is 2.43. The minimum atomic E-state index is -0.915. The predicted molar refractivity (Wildman–Crippen MR) is 107 cm³/mol. The van der Waals surface area contributed by atoms with E-state index in [1.807, 2.05) is 23.6 Å². The highest BCUT2D eigenvalue weighted by molar-refractivity contribution is 7.12. The predicted octanol–water partition coefficient (Wildman–Crippen LogP) is 5.29. The van der Waals surface area contributed by atoms with E-state index < -0.39 is 12.0 Å². The maximum Gasteiger partial charge on any atom is 0.251 e. The molecule has 7 heteroatoms. The van der Waals surface area contributed by atoms with Crippen molar-refractivity contribution < 1.29 is 13.9 Å². The van der Waals surface area contributed by atoms with Crippen LogP contribution in [-0.4, -0.2) is 22.7 Å². The highest BCUT2D eigenvalue weighted by atomic mass is 35.5. The molecule has 0 saturated carbocycles. The molecule has 3 aromatic rings.